The molecule has 0 saturated heterocycles. The number of fused-ring (bicyclic) bond motifs is 1. The fourth-order valence-corrected chi connectivity index (χ4v) is 2.93. The topological polar surface area (TPSA) is 67.2 Å². The smallest absolute Gasteiger partial charge is 0.236 e. The lowest BCUT2D eigenvalue weighted by Crippen LogP contribution is -2.40. The van der Waals surface area contributed by atoms with E-state index in [9.17, 15) is 4.79 Å². The second-order valence-electron chi connectivity index (χ2n) is 6.34. The van der Waals surface area contributed by atoms with E-state index >= 15 is 0 Å². The lowest BCUT2D eigenvalue weighted by atomic mass is 10.1. The van der Waals surface area contributed by atoms with Gasteiger partial charge in [-0.2, -0.15) is 5.10 Å². The molecule has 2 aromatic heterocycles. The molecular formula is C17H24N6O. The van der Waals surface area contributed by atoms with Gasteiger partial charge in [-0.3, -0.25) is 14.4 Å². The fourth-order valence-electron chi connectivity index (χ4n) is 2.93. The summed E-state index contributed by atoms with van der Waals surface area (Å²) in [6.45, 7) is 4.64. The Morgan fingerprint density at radius 1 is 1.38 bits per heavy atom. The van der Waals surface area contributed by atoms with E-state index in [0.717, 1.165) is 43.0 Å². The number of nitrogens with zero attached hydrogens (tertiary/aromatic N) is 6. The van der Waals surface area contributed by atoms with Gasteiger partial charge in [-0.25, -0.2) is 9.97 Å². The molecule has 3 heterocycles. The van der Waals surface area contributed by atoms with E-state index in [2.05, 4.69) is 26.9 Å². The highest BCUT2D eigenvalue weighted by molar-refractivity contribution is 5.78. The Labute approximate surface area is 142 Å². The molecule has 128 valence electrons. The summed E-state index contributed by atoms with van der Waals surface area (Å²) in [7, 11) is 3.72. The number of amides is 1. The molecule has 0 spiro atoms. The largest absolute Gasteiger partial charge is 0.340 e. The SMILES string of the molecule is CCc1ncc2c(n1)CN(CC(=O)N(C)Cc1cnn(C)c1)CC2. The van der Waals surface area contributed by atoms with E-state index in [0.29, 0.717) is 13.1 Å². The van der Waals surface area contributed by atoms with Crippen LogP contribution in [0.3, 0.4) is 0 Å². The average molecular weight is 328 g/mol. The molecule has 24 heavy (non-hydrogen) atoms. The number of aromatic nitrogens is 4. The summed E-state index contributed by atoms with van der Waals surface area (Å²) >= 11 is 0. The first-order chi connectivity index (χ1) is 11.5. The highest BCUT2D eigenvalue weighted by Gasteiger charge is 2.21. The van der Waals surface area contributed by atoms with Crippen molar-refractivity contribution in [2.45, 2.75) is 32.9 Å². The third kappa shape index (κ3) is 3.79. The first-order valence-electron chi connectivity index (χ1n) is 8.32. The number of carbonyl (C=O) groups excluding carboxylic acids is 1. The molecule has 0 unspecified atom stereocenters. The number of carbonyl (C=O) groups is 1. The van der Waals surface area contributed by atoms with Gasteiger partial charge >= 0.3 is 0 Å². The summed E-state index contributed by atoms with van der Waals surface area (Å²) < 4.78 is 1.75. The molecule has 7 heteroatoms. The van der Waals surface area contributed by atoms with Crippen LogP contribution in [0.4, 0.5) is 0 Å². The first-order valence-corrected chi connectivity index (χ1v) is 8.32. The minimum atomic E-state index is 0.118. The Morgan fingerprint density at radius 2 is 2.21 bits per heavy atom. The molecule has 1 aliphatic heterocycles. The van der Waals surface area contributed by atoms with Crippen molar-refractivity contribution < 1.29 is 4.79 Å². The van der Waals surface area contributed by atoms with E-state index in [-0.39, 0.29) is 5.91 Å². The van der Waals surface area contributed by atoms with Crippen LogP contribution in [0.5, 0.6) is 0 Å². The van der Waals surface area contributed by atoms with Crippen LogP contribution >= 0.6 is 0 Å². The Hall–Kier alpha value is -2.28. The van der Waals surface area contributed by atoms with Crippen molar-refractivity contribution in [3.8, 4) is 0 Å². The molecule has 0 atom stereocenters. The summed E-state index contributed by atoms with van der Waals surface area (Å²) in [6.07, 6.45) is 7.40. The predicted octanol–water partition coefficient (Wildman–Crippen LogP) is 0.789. The van der Waals surface area contributed by atoms with Crippen molar-refractivity contribution in [2.24, 2.45) is 7.05 Å². The van der Waals surface area contributed by atoms with Gasteiger partial charge < -0.3 is 4.90 Å². The zero-order valence-corrected chi connectivity index (χ0v) is 14.6. The summed E-state index contributed by atoms with van der Waals surface area (Å²) in [4.78, 5) is 25.4. The van der Waals surface area contributed by atoms with Crippen molar-refractivity contribution >= 4 is 5.91 Å². The number of hydrogen-bond acceptors (Lipinski definition) is 5. The Kier molecular flexibility index (Phi) is 4.89. The van der Waals surface area contributed by atoms with E-state index < -0.39 is 0 Å². The zero-order valence-electron chi connectivity index (χ0n) is 14.6. The molecule has 0 aliphatic carbocycles. The number of aryl methyl sites for hydroxylation is 2. The highest BCUT2D eigenvalue weighted by Crippen LogP contribution is 2.16. The van der Waals surface area contributed by atoms with E-state index in [1.165, 1.54) is 5.56 Å². The Balaban J connectivity index is 1.58. The summed E-state index contributed by atoms with van der Waals surface area (Å²) in [5.41, 5.74) is 3.31. The molecule has 2 aromatic rings. The summed E-state index contributed by atoms with van der Waals surface area (Å²) in [6, 6.07) is 0. The standard InChI is InChI=1S/C17H24N6O/c1-4-16-18-8-14-5-6-23(11-15(14)20-16)12-17(24)21(2)9-13-7-19-22(3)10-13/h7-8,10H,4-6,9,11-12H2,1-3H3. The molecule has 3 rings (SSSR count). The Morgan fingerprint density at radius 3 is 2.92 bits per heavy atom. The van der Waals surface area contributed by atoms with Gasteiger partial charge in [-0.05, 0) is 12.0 Å². The first kappa shape index (κ1) is 16.6. The molecule has 0 fully saturated rings. The minimum absolute atomic E-state index is 0.118. The van der Waals surface area contributed by atoms with Crippen molar-refractivity contribution in [3.63, 3.8) is 0 Å². The maximum absolute atomic E-state index is 12.5. The molecule has 0 aromatic carbocycles. The van der Waals surface area contributed by atoms with Crippen LogP contribution in [0.15, 0.2) is 18.6 Å². The lowest BCUT2D eigenvalue weighted by Gasteiger charge is -2.29. The second kappa shape index (κ2) is 7.09. The highest BCUT2D eigenvalue weighted by atomic mass is 16.2. The van der Waals surface area contributed by atoms with Crippen LogP contribution in [0, 0.1) is 0 Å². The average Bonchev–Trinajstić information content (AvgIpc) is 2.98. The molecule has 0 N–H and O–H groups in total. The molecule has 7 nitrogen and oxygen atoms in total. The van der Waals surface area contributed by atoms with Gasteiger partial charge in [-0.1, -0.05) is 6.92 Å². The van der Waals surface area contributed by atoms with Crippen LogP contribution in [0.2, 0.25) is 0 Å². The molecular weight excluding hydrogens is 304 g/mol. The van der Waals surface area contributed by atoms with E-state index in [1.807, 2.05) is 26.5 Å². The number of likely N-dealkylation sites (N-methyl/N-ethyl adjacent to an activating group) is 1. The van der Waals surface area contributed by atoms with Gasteiger partial charge in [0.2, 0.25) is 5.91 Å². The maximum Gasteiger partial charge on any atom is 0.236 e. The normalized spacial score (nSPS) is 14.5. The van der Waals surface area contributed by atoms with Crippen LogP contribution < -0.4 is 0 Å². The number of rotatable bonds is 5. The predicted molar refractivity (Wildman–Crippen MR) is 90.1 cm³/mol. The monoisotopic (exact) mass is 328 g/mol. The van der Waals surface area contributed by atoms with Crippen molar-refractivity contribution in [1.29, 1.82) is 0 Å². The molecule has 0 bridgehead atoms. The molecule has 1 aliphatic rings. The lowest BCUT2D eigenvalue weighted by molar-refractivity contribution is -0.131. The quantitative estimate of drug-likeness (QED) is 0.812. The van der Waals surface area contributed by atoms with Crippen molar-refractivity contribution in [2.75, 3.05) is 20.1 Å². The van der Waals surface area contributed by atoms with E-state index in [4.69, 9.17) is 0 Å². The van der Waals surface area contributed by atoms with Crippen LogP contribution in [-0.2, 0) is 37.8 Å². The van der Waals surface area contributed by atoms with Gasteiger partial charge in [0.15, 0.2) is 0 Å². The van der Waals surface area contributed by atoms with Gasteiger partial charge in [0.05, 0.1) is 18.4 Å². The van der Waals surface area contributed by atoms with Gasteiger partial charge in [0, 0.05) is 58.1 Å². The Bertz CT molecular complexity index is 726. The van der Waals surface area contributed by atoms with E-state index in [1.54, 1.807) is 15.8 Å². The number of hydrogen-bond donors (Lipinski definition) is 0. The van der Waals surface area contributed by atoms with Gasteiger partial charge in [0.1, 0.15) is 5.82 Å². The zero-order chi connectivity index (χ0) is 17.1. The van der Waals surface area contributed by atoms with Crippen LogP contribution in [-0.4, -0.2) is 55.6 Å². The van der Waals surface area contributed by atoms with Crippen LogP contribution in [0.25, 0.3) is 0 Å². The molecule has 0 saturated carbocycles. The van der Waals surface area contributed by atoms with Gasteiger partial charge in [-0.15, -0.1) is 0 Å². The summed E-state index contributed by atoms with van der Waals surface area (Å²) in [5, 5.41) is 4.14. The van der Waals surface area contributed by atoms with Crippen molar-refractivity contribution in [1.82, 2.24) is 29.5 Å². The maximum atomic E-state index is 12.5. The minimum Gasteiger partial charge on any atom is -0.340 e. The molecule has 0 radical (unpaired) electrons. The van der Waals surface area contributed by atoms with Crippen LogP contribution in [0.1, 0.15) is 29.6 Å². The summed E-state index contributed by atoms with van der Waals surface area (Å²) in [5.74, 6) is 0.989. The third-order valence-electron chi connectivity index (χ3n) is 4.35. The van der Waals surface area contributed by atoms with Crippen molar-refractivity contribution in [3.05, 3.63) is 41.2 Å². The molecule has 1 amide bonds. The second-order valence-corrected chi connectivity index (χ2v) is 6.34. The third-order valence-corrected chi connectivity index (χ3v) is 4.35. The fraction of sp³-hybridized carbons (Fsp3) is 0.529. The van der Waals surface area contributed by atoms with Gasteiger partial charge in [0.25, 0.3) is 0 Å².